The van der Waals surface area contributed by atoms with Crippen molar-refractivity contribution in [1.82, 2.24) is 14.9 Å². The van der Waals surface area contributed by atoms with Crippen LogP contribution in [0, 0.1) is 0 Å². The van der Waals surface area contributed by atoms with Gasteiger partial charge < -0.3 is 9.88 Å². The molecule has 1 aliphatic carbocycles. The summed E-state index contributed by atoms with van der Waals surface area (Å²) in [6.45, 7) is 1.37. The number of carbonyl (C=O) groups excluding carboxylic acids is 1. The summed E-state index contributed by atoms with van der Waals surface area (Å²) in [7, 11) is 0. The monoisotopic (exact) mass is 377 g/mol. The van der Waals surface area contributed by atoms with Crippen LogP contribution in [0.3, 0.4) is 0 Å². The number of carbonyl (C=O) groups is 1. The van der Waals surface area contributed by atoms with E-state index in [-0.39, 0.29) is 5.91 Å². The van der Waals surface area contributed by atoms with Gasteiger partial charge in [0, 0.05) is 30.4 Å². The molecule has 1 aliphatic rings. The van der Waals surface area contributed by atoms with Crippen molar-refractivity contribution in [2.24, 2.45) is 0 Å². The van der Waals surface area contributed by atoms with Crippen LogP contribution in [0.15, 0.2) is 66.1 Å². The normalized spacial score (nSPS) is 12.7. The van der Waals surface area contributed by atoms with Crippen molar-refractivity contribution in [1.29, 1.82) is 0 Å². The second kappa shape index (κ2) is 8.44. The lowest BCUT2D eigenvalue weighted by Crippen LogP contribution is -2.24. The van der Waals surface area contributed by atoms with Crippen LogP contribution in [0.1, 0.15) is 28.7 Å². The average Bonchev–Trinajstić information content (AvgIpc) is 3.37. The lowest BCUT2D eigenvalue weighted by Gasteiger charge is -2.08. The average molecular weight is 378 g/mol. The van der Waals surface area contributed by atoms with Crippen molar-refractivity contribution in [3.63, 3.8) is 0 Å². The SMILES string of the molecule is O=C(CSc1ccc2c(c1)CCC2)NCc1ccc(Cn2ccnc2)cc1. The van der Waals surface area contributed by atoms with E-state index in [9.17, 15) is 4.79 Å². The van der Waals surface area contributed by atoms with Crippen molar-refractivity contribution in [3.05, 3.63) is 83.4 Å². The summed E-state index contributed by atoms with van der Waals surface area (Å²) in [5, 5.41) is 3.01. The summed E-state index contributed by atoms with van der Waals surface area (Å²) in [4.78, 5) is 17.4. The maximum atomic E-state index is 12.2. The first-order valence-electron chi connectivity index (χ1n) is 9.31. The highest BCUT2D eigenvalue weighted by Crippen LogP contribution is 2.27. The number of amides is 1. The molecule has 4 rings (SSSR count). The third-order valence-corrected chi connectivity index (χ3v) is 5.87. The van der Waals surface area contributed by atoms with Crippen LogP contribution >= 0.6 is 11.8 Å². The highest BCUT2D eigenvalue weighted by atomic mass is 32.2. The first-order valence-corrected chi connectivity index (χ1v) is 10.3. The third-order valence-electron chi connectivity index (χ3n) is 4.88. The Morgan fingerprint density at radius 1 is 1.07 bits per heavy atom. The van der Waals surface area contributed by atoms with Gasteiger partial charge in [0.25, 0.3) is 0 Å². The number of rotatable bonds is 7. The van der Waals surface area contributed by atoms with Crippen LogP contribution in [0.5, 0.6) is 0 Å². The van der Waals surface area contributed by atoms with Gasteiger partial charge >= 0.3 is 0 Å². The molecule has 0 fully saturated rings. The molecule has 5 heteroatoms. The molecule has 0 saturated carbocycles. The molecule has 2 aromatic carbocycles. The predicted molar refractivity (Wildman–Crippen MR) is 109 cm³/mol. The number of imidazole rings is 1. The number of hydrogen-bond acceptors (Lipinski definition) is 3. The Morgan fingerprint density at radius 3 is 2.70 bits per heavy atom. The molecule has 1 amide bonds. The van der Waals surface area contributed by atoms with E-state index in [1.165, 1.54) is 40.8 Å². The van der Waals surface area contributed by atoms with E-state index >= 15 is 0 Å². The van der Waals surface area contributed by atoms with Crippen LogP contribution in [-0.4, -0.2) is 21.2 Å². The summed E-state index contributed by atoms with van der Waals surface area (Å²) in [6, 6.07) is 14.9. The van der Waals surface area contributed by atoms with E-state index in [2.05, 4.69) is 52.8 Å². The maximum absolute atomic E-state index is 12.2. The Labute approximate surface area is 164 Å². The molecule has 0 saturated heterocycles. The maximum Gasteiger partial charge on any atom is 0.230 e. The minimum absolute atomic E-state index is 0.0722. The van der Waals surface area contributed by atoms with E-state index in [0.717, 1.165) is 12.1 Å². The first-order chi connectivity index (χ1) is 13.3. The molecule has 0 bridgehead atoms. The summed E-state index contributed by atoms with van der Waals surface area (Å²) in [5.74, 6) is 0.528. The topological polar surface area (TPSA) is 46.9 Å². The number of nitrogens with zero attached hydrogens (tertiary/aromatic N) is 2. The number of aromatic nitrogens is 2. The predicted octanol–water partition coefficient (Wildman–Crippen LogP) is 3.83. The Morgan fingerprint density at radius 2 is 1.89 bits per heavy atom. The van der Waals surface area contributed by atoms with Gasteiger partial charge in [-0.3, -0.25) is 4.79 Å². The Hall–Kier alpha value is -2.53. The highest BCUT2D eigenvalue weighted by molar-refractivity contribution is 8.00. The van der Waals surface area contributed by atoms with E-state index < -0.39 is 0 Å². The van der Waals surface area contributed by atoms with Gasteiger partial charge in [0.15, 0.2) is 0 Å². The standard InChI is InChI=1S/C22H23N3OS/c26-22(15-27-21-9-8-19-2-1-3-20(19)12-21)24-13-17-4-6-18(7-5-17)14-25-11-10-23-16-25/h4-12,16H,1-3,13-15H2,(H,24,26). The van der Waals surface area contributed by atoms with Crippen molar-refractivity contribution >= 4 is 17.7 Å². The molecule has 0 spiro atoms. The summed E-state index contributed by atoms with van der Waals surface area (Å²) in [6.07, 6.45) is 9.17. The molecule has 4 nitrogen and oxygen atoms in total. The molecule has 0 aliphatic heterocycles. The summed E-state index contributed by atoms with van der Waals surface area (Å²) < 4.78 is 2.03. The minimum Gasteiger partial charge on any atom is -0.351 e. The smallest absolute Gasteiger partial charge is 0.230 e. The van der Waals surface area contributed by atoms with Crippen molar-refractivity contribution in [3.8, 4) is 0 Å². The van der Waals surface area contributed by atoms with Gasteiger partial charge in [-0.2, -0.15) is 0 Å². The number of aryl methyl sites for hydroxylation is 2. The second-order valence-electron chi connectivity index (χ2n) is 6.90. The molecule has 1 N–H and O–H groups in total. The Kier molecular flexibility index (Phi) is 5.58. The zero-order valence-electron chi connectivity index (χ0n) is 15.2. The molecule has 1 aromatic heterocycles. The van der Waals surface area contributed by atoms with Gasteiger partial charge in [0.2, 0.25) is 5.91 Å². The number of thioether (sulfide) groups is 1. The molecule has 1 heterocycles. The van der Waals surface area contributed by atoms with Gasteiger partial charge in [-0.05, 0) is 53.6 Å². The molecule has 3 aromatic rings. The largest absolute Gasteiger partial charge is 0.351 e. The quantitative estimate of drug-likeness (QED) is 0.637. The number of fused-ring (bicyclic) bond motifs is 1. The number of hydrogen-bond donors (Lipinski definition) is 1. The molecule has 0 radical (unpaired) electrons. The van der Waals surface area contributed by atoms with Gasteiger partial charge in [-0.1, -0.05) is 30.3 Å². The summed E-state index contributed by atoms with van der Waals surface area (Å²) in [5.41, 5.74) is 5.26. The van der Waals surface area contributed by atoms with Crippen LogP contribution < -0.4 is 5.32 Å². The van der Waals surface area contributed by atoms with Crippen molar-refractivity contribution < 1.29 is 4.79 Å². The van der Waals surface area contributed by atoms with E-state index in [4.69, 9.17) is 0 Å². The lowest BCUT2D eigenvalue weighted by atomic mass is 10.1. The minimum atomic E-state index is 0.0722. The summed E-state index contributed by atoms with van der Waals surface area (Å²) >= 11 is 1.61. The first kappa shape index (κ1) is 17.9. The van der Waals surface area contributed by atoms with Crippen LogP contribution in [0.2, 0.25) is 0 Å². The molecular formula is C22H23N3OS. The molecular weight excluding hydrogens is 354 g/mol. The highest BCUT2D eigenvalue weighted by Gasteiger charge is 2.11. The Balaban J connectivity index is 1.23. The van der Waals surface area contributed by atoms with E-state index in [1.54, 1.807) is 18.0 Å². The fourth-order valence-electron chi connectivity index (χ4n) is 3.39. The molecule has 0 unspecified atom stereocenters. The second-order valence-corrected chi connectivity index (χ2v) is 7.95. The van der Waals surface area contributed by atoms with Crippen LogP contribution in [0.25, 0.3) is 0 Å². The fourth-order valence-corrected chi connectivity index (χ4v) is 4.18. The van der Waals surface area contributed by atoms with Gasteiger partial charge in [-0.15, -0.1) is 11.8 Å². The van der Waals surface area contributed by atoms with Crippen LogP contribution in [0.4, 0.5) is 0 Å². The zero-order chi connectivity index (χ0) is 18.5. The number of nitrogens with one attached hydrogen (secondary N) is 1. The Bertz CT molecular complexity index is 904. The van der Waals surface area contributed by atoms with Crippen LogP contribution in [-0.2, 0) is 30.7 Å². The number of benzene rings is 2. The lowest BCUT2D eigenvalue weighted by molar-refractivity contribution is -0.118. The third kappa shape index (κ3) is 4.80. The van der Waals surface area contributed by atoms with E-state index in [0.29, 0.717) is 12.3 Å². The van der Waals surface area contributed by atoms with Crippen molar-refractivity contribution in [2.75, 3.05) is 5.75 Å². The zero-order valence-corrected chi connectivity index (χ0v) is 16.0. The van der Waals surface area contributed by atoms with Gasteiger partial charge in [0.05, 0.1) is 12.1 Å². The van der Waals surface area contributed by atoms with Crippen molar-refractivity contribution in [2.45, 2.75) is 37.2 Å². The molecule has 0 atom stereocenters. The fraction of sp³-hybridized carbons (Fsp3) is 0.273. The van der Waals surface area contributed by atoms with Gasteiger partial charge in [-0.25, -0.2) is 4.98 Å². The molecule has 138 valence electrons. The van der Waals surface area contributed by atoms with E-state index in [1.807, 2.05) is 17.1 Å². The van der Waals surface area contributed by atoms with Gasteiger partial charge in [0.1, 0.15) is 0 Å². The molecule has 27 heavy (non-hydrogen) atoms.